The highest BCUT2D eigenvalue weighted by Crippen LogP contribution is 2.20. The van der Waals surface area contributed by atoms with Gasteiger partial charge in [-0.1, -0.05) is 32.0 Å². The predicted octanol–water partition coefficient (Wildman–Crippen LogP) is 2.72. The lowest BCUT2D eigenvalue weighted by Gasteiger charge is -2.23. The van der Waals surface area contributed by atoms with Crippen LogP contribution in [0.5, 0.6) is 0 Å². The number of hydrogen-bond acceptors (Lipinski definition) is 6. The number of carbonyl (C=O) groups excluding carboxylic acids is 4. The molecule has 0 bridgehead atoms. The van der Waals surface area contributed by atoms with Gasteiger partial charge in [-0.2, -0.15) is 0 Å². The van der Waals surface area contributed by atoms with Crippen molar-refractivity contribution in [2.75, 3.05) is 13.1 Å². The Hall–Kier alpha value is -3.40. The van der Waals surface area contributed by atoms with Gasteiger partial charge in [-0.3, -0.25) is 19.8 Å². The van der Waals surface area contributed by atoms with E-state index in [-0.39, 0.29) is 30.8 Å². The van der Waals surface area contributed by atoms with E-state index in [1.54, 1.807) is 26.8 Å². The van der Waals surface area contributed by atoms with E-state index < -0.39 is 29.6 Å². The number of para-hydroxylation sites is 1. The Kier molecular flexibility index (Phi) is 8.16. The number of amides is 4. The monoisotopic (exact) mass is 485 g/mol. The number of aromatic amines is 1. The third-order valence-corrected chi connectivity index (χ3v) is 5.59. The summed E-state index contributed by atoms with van der Waals surface area (Å²) in [6.07, 6.45) is 0.243. The molecule has 190 valence electrons. The van der Waals surface area contributed by atoms with Crippen LogP contribution in [0.4, 0.5) is 4.79 Å². The minimum atomic E-state index is -0.765. The Morgan fingerprint density at radius 2 is 1.91 bits per heavy atom. The number of imide groups is 1. The number of benzene rings is 1. The highest BCUT2D eigenvalue weighted by atomic mass is 16.6. The maximum atomic E-state index is 12.8. The number of fused-ring (bicyclic) bond motifs is 1. The molecule has 0 radical (unpaired) electrons. The molecule has 1 aliphatic heterocycles. The van der Waals surface area contributed by atoms with Crippen molar-refractivity contribution in [2.45, 2.75) is 59.1 Å². The molecule has 2 atom stereocenters. The van der Waals surface area contributed by atoms with E-state index in [9.17, 15) is 19.2 Å². The molecule has 10 heteroatoms. The van der Waals surface area contributed by atoms with Gasteiger partial charge in [-0.25, -0.2) is 15.1 Å². The van der Waals surface area contributed by atoms with Crippen molar-refractivity contribution in [1.82, 2.24) is 26.1 Å². The molecule has 1 saturated heterocycles. The summed E-state index contributed by atoms with van der Waals surface area (Å²) in [6.45, 7) is 9.58. The molecule has 1 aliphatic rings. The number of H-pyrrole nitrogens is 1. The van der Waals surface area contributed by atoms with Crippen LogP contribution in [0.25, 0.3) is 10.9 Å². The number of hydrazine groups is 1. The Bertz CT molecular complexity index is 1050. The first-order valence-corrected chi connectivity index (χ1v) is 11.9. The fraction of sp³-hybridized carbons (Fsp3) is 0.520. The van der Waals surface area contributed by atoms with Gasteiger partial charge in [-0.05, 0) is 51.7 Å². The van der Waals surface area contributed by atoms with Gasteiger partial charge in [0, 0.05) is 24.0 Å². The topological polar surface area (TPSA) is 133 Å². The van der Waals surface area contributed by atoms with Crippen LogP contribution in [0.1, 0.15) is 57.9 Å². The Balaban J connectivity index is 1.53. The molecule has 0 spiro atoms. The summed E-state index contributed by atoms with van der Waals surface area (Å²) >= 11 is 0. The lowest BCUT2D eigenvalue weighted by molar-refractivity contribution is -0.131. The normalized spacial score (nSPS) is 17.0. The van der Waals surface area contributed by atoms with Crippen molar-refractivity contribution in [1.29, 1.82) is 0 Å². The number of aromatic nitrogens is 1. The van der Waals surface area contributed by atoms with Crippen LogP contribution in [0, 0.1) is 11.8 Å². The molecule has 2 unspecified atom stereocenters. The van der Waals surface area contributed by atoms with Gasteiger partial charge in [0.1, 0.15) is 17.3 Å². The lowest BCUT2D eigenvalue weighted by atomic mass is 10.0. The van der Waals surface area contributed by atoms with E-state index in [1.807, 2.05) is 38.1 Å². The molecule has 0 saturated carbocycles. The van der Waals surface area contributed by atoms with Gasteiger partial charge in [0.05, 0.1) is 5.92 Å². The summed E-state index contributed by atoms with van der Waals surface area (Å²) in [6, 6.07) is 8.53. The summed E-state index contributed by atoms with van der Waals surface area (Å²) in [5.74, 6) is -1.43. The van der Waals surface area contributed by atoms with E-state index in [0.29, 0.717) is 18.5 Å². The van der Waals surface area contributed by atoms with Gasteiger partial charge in [0.15, 0.2) is 0 Å². The number of likely N-dealkylation sites (tertiary alicyclic amines) is 1. The third kappa shape index (κ3) is 7.05. The fourth-order valence-corrected chi connectivity index (χ4v) is 3.91. The second-order valence-electron chi connectivity index (χ2n) is 10.3. The van der Waals surface area contributed by atoms with Gasteiger partial charge >= 0.3 is 6.09 Å². The summed E-state index contributed by atoms with van der Waals surface area (Å²) in [5, 5.41) is 3.71. The van der Waals surface area contributed by atoms with Gasteiger partial charge in [0.25, 0.3) is 11.8 Å². The molecule has 2 aromatic rings. The molecule has 2 heterocycles. The molecule has 35 heavy (non-hydrogen) atoms. The zero-order chi connectivity index (χ0) is 25.8. The Labute approximate surface area is 205 Å². The average Bonchev–Trinajstić information content (AvgIpc) is 3.35. The van der Waals surface area contributed by atoms with E-state index in [0.717, 1.165) is 15.8 Å². The van der Waals surface area contributed by atoms with Crippen LogP contribution < -0.4 is 16.2 Å². The molecule has 4 N–H and O–H groups in total. The molecule has 1 aromatic carbocycles. The average molecular weight is 486 g/mol. The third-order valence-electron chi connectivity index (χ3n) is 5.59. The lowest BCUT2D eigenvalue weighted by Crippen LogP contribution is -2.52. The Morgan fingerprint density at radius 1 is 1.20 bits per heavy atom. The van der Waals surface area contributed by atoms with Crippen LogP contribution in [0.15, 0.2) is 30.3 Å². The molecular formula is C25H35N5O5. The van der Waals surface area contributed by atoms with Gasteiger partial charge < -0.3 is 15.0 Å². The number of nitrogens with one attached hydrogen (secondary N) is 4. The summed E-state index contributed by atoms with van der Waals surface area (Å²) in [5.41, 5.74) is 5.92. The molecular weight excluding hydrogens is 450 g/mol. The number of hydrogen-bond donors (Lipinski definition) is 4. The number of carbonyl (C=O) groups is 4. The number of nitrogens with zero attached hydrogens (tertiary/aromatic N) is 1. The Morgan fingerprint density at radius 3 is 2.57 bits per heavy atom. The quantitative estimate of drug-likeness (QED) is 0.425. The minimum Gasteiger partial charge on any atom is -0.443 e. The second kappa shape index (κ2) is 10.9. The van der Waals surface area contributed by atoms with E-state index in [2.05, 4.69) is 21.2 Å². The highest BCUT2D eigenvalue weighted by Gasteiger charge is 2.37. The largest absolute Gasteiger partial charge is 0.443 e. The molecule has 3 rings (SSSR count). The fourth-order valence-electron chi connectivity index (χ4n) is 3.91. The smallest absolute Gasteiger partial charge is 0.417 e. The minimum absolute atomic E-state index is 0.160. The standard InChI is InChI=1S/C25H35N5O5/c1-15(2)12-19(28-21(31)20-13-16-8-6-7-9-18(16)27-20)22(32)29-26-14-17-10-11-30(23(17)33)24(34)35-25(3,4)5/h6-9,13,15,17,19,26-27H,10-12,14H2,1-5H3,(H,28,31)(H,29,32). The van der Waals surface area contributed by atoms with Crippen molar-refractivity contribution < 1.29 is 23.9 Å². The first-order chi connectivity index (χ1) is 16.4. The summed E-state index contributed by atoms with van der Waals surface area (Å²) in [7, 11) is 0. The molecule has 10 nitrogen and oxygen atoms in total. The van der Waals surface area contributed by atoms with Crippen LogP contribution in [0.2, 0.25) is 0 Å². The predicted molar refractivity (Wildman–Crippen MR) is 131 cm³/mol. The highest BCUT2D eigenvalue weighted by molar-refractivity contribution is 6.00. The van der Waals surface area contributed by atoms with Crippen LogP contribution in [-0.4, -0.2) is 58.4 Å². The van der Waals surface area contributed by atoms with Crippen molar-refractivity contribution >= 4 is 34.7 Å². The van der Waals surface area contributed by atoms with Crippen LogP contribution in [-0.2, 0) is 14.3 Å². The first-order valence-electron chi connectivity index (χ1n) is 11.9. The maximum absolute atomic E-state index is 12.8. The number of rotatable bonds is 8. The SMILES string of the molecule is CC(C)CC(NC(=O)c1cc2ccccc2[nH]1)C(=O)NNCC1CCN(C(=O)OC(C)(C)C)C1=O. The number of ether oxygens (including phenoxy) is 1. The molecule has 4 amide bonds. The van der Waals surface area contributed by atoms with Crippen molar-refractivity contribution in [3.8, 4) is 0 Å². The maximum Gasteiger partial charge on any atom is 0.417 e. The molecule has 0 aliphatic carbocycles. The van der Waals surface area contributed by atoms with Crippen LogP contribution in [0.3, 0.4) is 0 Å². The second-order valence-corrected chi connectivity index (χ2v) is 10.3. The summed E-state index contributed by atoms with van der Waals surface area (Å²) in [4.78, 5) is 54.6. The van der Waals surface area contributed by atoms with Crippen molar-refractivity contribution in [2.24, 2.45) is 11.8 Å². The van der Waals surface area contributed by atoms with Crippen molar-refractivity contribution in [3.63, 3.8) is 0 Å². The zero-order valence-electron chi connectivity index (χ0n) is 20.9. The van der Waals surface area contributed by atoms with Crippen LogP contribution >= 0.6 is 0 Å². The van der Waals surface area contributed by atoms with Gasteiger partial charge in [0.2, 0.25) is 5.91 Å². The summed E-state index contributed by atoms with van der Waals surface area (Å²) < 4.78 is 5.28. The van der Waals surface area contributed by atoms with E-state index >= 15 is 0 Å². The molecule has 1 fully saturated rings. The first kappa shape index (κ1) is 26.2. The zero-order valence-corrected chi connectivity index (χ0v) is 20.9. The van der Waals surface area contributed by atoms with Gasteiger partial charge in [-0.15, -0.1) is 0 Å². The van der Waals surface area contributed by atoms with Crippen molar-refractivity contribution in [3.05, 3.63) is 36.0 Å². The van der Waals surface area contributed by atoms with E-state index in [4.69, 9.17) is 4.74 Å². The molecule has 1 aromatic heterocycles. The van der Waals surface area contributed by atoms with E-state index in [1.165, 1.54) is 0 Å².